The summed E-state index contributed by atoms with van der Waals surface area (Å²) in [5.74, 6) is -3.74. The second-order valence-corrected chi connectivity index (χ2v) is 16.4. The number of rotatable bonds is 13. The molecule has 1 saturated carbocycles. The number of hydrogen-bond acceptors (Lipinski definition) is 7. The molecule has 5 N–H and O–H groups in total. The highest BCUT2D eigenvalue weighted by atomic mass is 19.4. The van der Waals surface area contributed by atoms with E-state index in [2.05, 4.69) is 27.8 Å². The summed E-state index contributed by atoms with van der Waals surface area (Å²) < 4.78 is 39.6. The lowest BCUT2D eigenvalue weighted by Crippen LogP contribution is -2.65. The highest BCUT2D eigenvalue weighted by molar-refractivity contribution is 6.38. The first kappa shape index (κ1) is 40.2. The van der Waals surface area contributed by atoms with E-state index in [9.17, 15) is 42.3 Å². The van der Waals surface area contributed by atoms with Crippen molar-refractivity contribution in [2.24, 2.45) is 28.1 Å². The average molecular weight is 701 g/mol. The second kappa shape index (κ2) is 15.0. The van der Waals surface area contributed by atoms with E-state index in [1.54, 1.807) is 25.7 Å². The maximum atomic E-state index is 13.9. The Morgan fingerprint density at radius 2 is 1.55 bits per heavy atom. The minimum absolute atomic E-state index is 0.0593. The molecule has 3 aliphatic rings. The Balaban J connectivity index is 1.85. The number of nitrogens with zero attached hydrogens (tertiary/aromatic N) is 2. The van der Waals surface area contributed by atoms with Crippen LogP contribution in [0.5, 0.6) is 0 Å². The number of ketones is 1. The SMILES string of the molecule is C=CCNC(=O)C(=O)C(CCC(F)(F)F)NC(=O)[C@@H]1[C@@H]2[C@H](CN1C(O)[C@@H](NC(=O)N[C@H](C(=O)N1CCCC1)C(C)(C)C)C(C)(C)C)C2(C)C. The normalized spacial score (nSPS) is 24.6. The largest absolute Gasteiger partial charge is 0.389 e. The zero-order valence-electron chi connectivity index (χ0n) is 30.0. The highest BCUT2D eigenvalue weighted by Gasteiger charge is 2.69. The van der Waals surface area contributed by atoms with Gasteiger partial charge in [-0.15, -0.1) is 6.58 Å². The third-order valence-electron chi connectivity index (χ3n) is 10.2. The molecule has 1 aliphatic carbocycles. The van der Waals surface area contributed by atoms with E-state index in [1.165, 1.54) is 11.0 Å². The lowest BCUT2D eigenvalue weighted by atomic mass is 9.84. The monoisotopic (exact) mass is 700 g/mol. The summed E-state index contributed by atoms with van der Waals surface area (Å²) in [6.07, 6.45) is -5.26. The Kier molecular flexibility index (Phi) is 12.3. The number of aliphatic hydroxyl groups excluding tert-OH is 1. The van der Waals surface area contributed by atoms with Crippen LogP contribution in [0.2, 0.25) is 0 Å². The van der Waals surface area contributed by atoms with Crippen LogP contribution < -0.4 is 21.3 Å². The summed E-state index contributed by atoms with van der Waals surface area (Å²) in [7, 11) is 0. The van der Waals surface area contributed by atoms with Gasteiger partial charge in [0.25, 0.3) is 5.91 Å². The van der Waals surface area contributed by atoms with Crippen LogP contribution >= 0.6 is 0 Å². The van der Waals surface area contributed by atoms with Crippen molar-refractivity contribution >= 4 is 29.5 Å². The standard InChI is InChI=1S/C34H55F3N6O6/c1-10-15-38-27(46)23(44)20(13-14-34(35,36)37)39-26(45)22-21-19(33(21,8)9)18-43(22)29(48)25(32(5,6)7)41-30(49)40-24(31(2,3)4)28(47)42-16-11-12-17-42/h10,19-22,24-25,29,48H,1,11-18H2,2-9H3,(H,38,46)(H,39,45)(H2,40,41,49)/t19-,20?,21-,22-,24+,25+,29?/m0/s1. The van der Waals surface area contributed by atoms with Crippen molar-refractivity contribution < 1.29 is 42.3 Å². The van der Waals surface area contributed by atoms with Crippen LogP contribution in [0.25, 0.3) is 0 Å². The number of hydrogen-bond donors (Lipinski definition) is 5. The number of halogens is 3. The molecule has 2 heterocycles. The number of amides is 5. The first-order chi connectivity index (χ1) is 22.4. The summed E-state index contributed by atoms with van der Waals surface area (Å²) in [5, 5.41) is 22.2. The Bertz CT molecular complexity index is 1270. The number of carbonyl (C=O) groups excluding carboxylic acids is 5. The molecule has 0 aromatic rings. The van der Waals surface area contributed by atoms with Crippen molar-refractivity contribution in [1.82, 2.24) is 31.1 Å². The van der Waals surface area contributed by atoms with E-state index in [-0.39, 0.29) is 36.2 Å². The van der Waals surface area contributed by atoms with Gasteiger partial charge in [0.05, 0.1) is 18.1 Å². The van der Waals surface area contributed by atoms with Crippen molar-refractivity contribution in [2.75, 3.05) is 26.2 Å². The number of Topliss-reactive ketones (excluding diaryl/α,β-unsaturated/α-hetero) is 1. The maximum Gasteiger partial charge on any atom is 0.389 e. The molecule has 0 aromatic heterocycles. The minimum atomic E-state index is -4.64. The third kappa shape index (κ3) is 9.74. The fourth-order valence-corrected chi connectivity index (χ4v) is 7.15. The lowest BCUT2D eigenvalue weighted by molar-refractivity contribution is -0.147. The van der Waals surface area contributed by atoms with Gasteiger partial charge in [0.1, 0.15) is 12.3 Å². The Hall–Kier alpha value is -3.20. The van der Waals surface area contributed by atoms with E-state index >= 15 is 0 Å². The predicted molar refractivity (Wildman–Crippen MR) is 177 cm³/mol. The van der Waals surface area contributed by atoms with Gasteiger partial charge >= 0.3 is 12.2 Å². The number of urea groups is 1. The number of aliphatic hydroxyl groups is 1. The molecule has 15 heteroatoms. The molecule has 278 valence electrons. The molecule has 3 rings (SSSR count). The van der Waals surface area contributed by atoms with Gasteiger partial charge in [-0.3, -0.25) is 24.1 Å². The van der Waals surface area contributed by atoms with Crippen molar-refractivity contribution in [3.8, 4) is 0 Å². The first-order valence-electron chi connectivity index (χ1n) is 17.0. The van der Waals surface area contributed by atoms with Gasteiger partial charge in [0.15, 0.2) is 0 Å². The fraction of sp³-hybridized carbons (Fsp3) is 0.794. The van der Waals surface area contributed by atoms with E-state index in [0.717, 1.165) is 12.8 Å². The molecule has 2 unspecified atom stereocenters. The topological polar surface area (TPSA) is 160 Å². The lowest BCUT2D eigenvalue weighted by Gasteiger charge is -2.43. The molecular formula is C34H55F3N6O6. The molecule has 49 heavy (non-hydrogen) atoms. The molecule has 2 saturated heterocycles. The molecule has 12 nitrogen and oxygen atoms in total. The van der Waals surface area contributed by atoms with Crippen LogP contribution in [0, 0.1) is 28.1 Å². The van der Waals surface area contributed by atoms with Crippen LogP contribution in [0.4, 0.5) is 18.0 Å². The summed E-state index contributed by atoms with van der Waals surface area (Å²) in [6.45, 7) is 19.6. The molecule has 5 amide bonds. The van der Waals surface area contributed by atoms with Crippen LogP contribution in [-0.2, 0) is 19.2 Å². The highest BCUT2D eigenvalue weighted by Crippen LogP contribution is 2.65. The summed E-state index contributed by atoms with van der Waals surface area (Å²) >= 11 is 0. The number of alkyl halides is 3. The number of nitrogens with one attached hydrogen (secondary N) is 4. The molecule has 2 aliphatic heterocycles. The van der Waals surface area contributed by atoms with Gasteiger partial charge in [-0.05, 0) is 47.3 Å². The number of carbonyl (C=O) groups is 5. The van der Waals surface area contributed by atoms with Crippen molar-refractivity contribution in [3.05, 3.63) is 12.7 Å². The van der Waals surface area contributed by atoms with Gasteiger partial charge in [-0.2, -0.15) is 13.2 Å². The van der Waals surface area contributed by atoms with Crippen LogP contribution in [0.1, 0.15) is 81.1 Å². The van der Waals surface area contributed by atoms with Crippen molar-refractivity contribution in [1.29, 1.82) is 0 Å². The number of likely N-dealkylation sites (tertiary alicyclic amines) is 2. The van der Waals surface area contributed by atoms with E-state index in [1.807, 2.05) is 34.6 Å². The molecule has 7 atom stereocenters. The van der Waals surface area contributed by atoms with Crippen molar-refractivity contribution in [2.45, 2.75) is 118 Å². The van der Waals surface area contributed by atoms with Gasteiger partial charge in [0.2, 0.25) is 17.6 Å². The Labute approximate surface area is 287 Å². The Morgan fingerprint density at radius 1 is 0.959 bits per heavy atom. The first-order valence-corrected chi connectivity index (χ1v) is 17.0. The van der Waals surface area contributed by atoms with Gasteiger partial charge < -0.3 is 31.3 Å². The Morgan fingerprint density at radius 3 is 2.06 bits per heavy atom. The van der Waals surface area contributed by atoms with E-state index in [4.69, 9.17) is 0 Å². The molecule has 0 spiro atoms. The molecule has 0 bridgehead atoms. The van der Waals surface area contributed by atoms with E-state index in [0.29, 0.717) is 13.1 Å². The molecule has 0 aromatic carbocycles. The van der Waals surface area contributed by atoms with Crippen LogP contribution in [0.15, 0.2) is 12.7 Å². The third-order valence-corrected chi connectivity index (χ3v) is 10.2. The second-order valence-electron chi connectivity index (χ2n) is 16.4. The zero-order valence-corrected chi connectivity index (χ0v) is 30.0. The average Bonchev–Trinajstić information content (AvgIpc) is 3.42. The quantitative estimate of drug-likeness (QED) is 0.146. The molecular weight excluding hydrogens is 645 g/mol. The zero-order chi connectivity index (χ0) is 37.3. The number of piperidine rings is 1. The van der Waals surface area contributed by atoms with Gasteiger partial charge in [0, 0.05) is 32.6 Å². The summed E-state index contributed by atoms with van der Waals surface area (Å²) in [4.78, 5) is 69.4. The smallest absolute Gasteiger partial charge is 0.376 e. The van der Waals surface area contributed by atoms with Gasteiger partial charge in [-0.25, -0.2) is 4.79 Å². The number of fused-ring (bicyclic) bond motifs is 1. The summed E-state index contributed by atoms with van der Waals surface area (Å²) in [6, 6.07) is -5.33. The van der Waals surface area contributed by atoms with Crippen LogP contribution in [-0.4, -0.2) is 107 Å². The minimum Gasteiger partial charge on any atom is -0.376 e. The maximum absolute atomic E-state index is 13.9. The van der Waals surface area contributed by atoms with Crippen LogP contribution in [0.3, 0.4) is 0 Å². The van der Waals surface area contributed by atoms with Gasteiger partial charge in [-0.1, -0.05) is 61.5 Å². The van der Waals surface area contributed by atoms with E-state index < -0.39 is 83.9 Å². The van der Waals surface area contributed by atoms with Crippen molar-refractivity contribution in [3.63, 3.8) is 0 Å². The molecule has 3 fully saturated rings. The fourth-order valence-electron chi connectivity index (χ4n) is 7.15. The molecule has 0 radical (unpaired) electrons. The predicted octanol–water partition coefficient (Wildman–Crippen LogP) is 2.71. The summed E-state index contributed by atoms with van der Waals surface area (Å²) in [5.41, 5.74) is -1.74.